The summed E-state index contributed by atoms with van der Waals surface area (Å²) in [5.41, 5.74) is -0.506. The van der Waals surface area contributed by atoms with Gasteiger partial charge in [0.25, 0.3) is 11.8 Å². The van der Waals surface area contributed by atoms with Gasteiger partial charge in [-0.05, 0) is 36.1 Å². The quantitative estimate of drug-likeness (QED) is 0.680. The number of imide groups is 1. The molecule has 2 aromatic heterocycles. The minimum Gasteiger partial charge on any atom is -0.497 e. The van der Waals surface area contributed by atoms with Crippen molar-refractivity contribution < 1.29 is 18.7 Å². The first-order valence-corrected chi connectivity index (χ1v) is 9.04. The maximum Gasteiger partial charge on any atom is 0.325 e. The highest BCUT2D eigenvalue weighted by Gasteiger charge is 2.49. The van der Waals surface area contributed by atoms with Crippen molar-refractivity contribution in [3.05, 3.63) is 53.2 Å². The molecule has 0 unspecified atom stereocenters. The molecule has 8 nitrogen and oxygen atoms in total. The van der Waals surface area contributed by atoms with Crippen LogP contribution in [0.1, 0.15) is 18.4 Å². The van der Waals surface area contributed by atoms with Crippen molar-refractivity contribution in [3.63, 3.8) is 0 Å². The molecule has 3 heterocycles. The highest BCUT2D eigenvalue weighted by Crippen LogP contribution is 2.31. The van der Waals surface area contributed by atoms with Gasteiger partial charge in [0.15, 0.2) is 0 Å². The molecule has 27 heavy (non-hydrogen) atoms. The molecule has 1 aromatic carbocycles. The summed E-state index contributed by atoms with van der Waals surface area (Å²) in [6, 6.07) is 10.2. The van der Waals surface area contributed by atoms with E-state index in [9.17, 15) is 9.59 Å². The van der Waals surface area contributed by atoms with Crippen LogP contribution in [-0.4, -0.2) is 34.1 Å². The predicted octanol–water partition coefficient (Wildman–Crippen LogP) is 2.77. The summed E-state index contributed by atoms with van der Waals surface area (Å²) < 4.78 is 10.7. The molecule has 4 rings (SSSR count). The zero-order chi connectivity index (χ0) is 19.0. The average molecular weight is 384 g/mol. The van der Waals surface area contributed by atoms with Gasteiger partial charge in [-0.3, -0.25) is 9.69 Å². The standard InChI is InChI=1S/C18H16N4O4S/c1-18(11-5-7-12(25-2)8-6-11)16(23)22(17(24)19-18)10-14-20-21-15(26-14)13-4-3-9-27-13/h3-9H,10H2,1-2H3,(H,19,24)/t18-/m0/s1. The number of methoxy groups -OCH3 is 1. The zero-order valence-corrected chi connectivity index (χ0v) is 15.4. The molecule has 0 aliphatic carbocycles. The van der Waals surface area contributed by atoms with Gasteiger partial charge in [0.1, 0.15) is 17.8 Å². The Morgan fingerprint density at radius 3 is 2.67 bits per heavy atom. The lowest BCUT2D eigenvalue weighted by Gasteiger charge is -2.22. The van der Waals surface area contributed by atoms with E-state index in [1.165, 1.54) is 11.3 Å². The van der Waals surface area contributed by atoms with Crippen molar-refractivity contribution in [1.82, 2.24) is 20.4 Å². The number of nitrogens with zero attached hydrogens (tertiary/aromatic N) is 3. The highest BCUT2D eigenvalue weighted by molar-refractivity contribution is 7.13. The molecule has 1 aliphatic heterocycles. The fourth-order valence-electron chi connectivity index (χ4n) is 2.91. The van der Waals surface area contributed by atoms with E-state index in [0.29, 0.717) is 17.2 Å². The van der Waals surface area contributed by atoms with Gasteiger partial charge < -0.3 is 14.5 Å². The SMILES string of the molecule is COc1ccc([C@]2(C)NC(=O)N(Cc3nnc(-c4cccs4)o3)C2=O)cc1. The normalized spacial score (nSPS) is 19.4. The third kappa shape index (κ3) is 2.95. The molecule has 1 aliphatic rings. The number of carbonyl (C=O) groups is 2. The number of hydrogen-bond donors (Lipinski definition) is 1. The Kier molecular flexibility index (Phi) is 4.15. The first-order chi connectivity index (χ1) is 13.0. The second kappa shape index (κ2) is 6.51. The summed E-state index contributed by atoms with van der Waals surface area (Å²) in [4.78, 5) is 27.3. The smallest absolute Gasteiger partial charge is 0.325 e. The minimum atomic E-state index is -1.17. The van der Waals surface area contributed by atoms with E-state index >= 15 is 0 Å². The van der Waals surface area contributed by atoms with Gasteiger partial charge in [-0.15, -0.1) is 21.5 Å². The topological polar surface area (TPSA) is 97.6 Å². The van der Waals surface area contributed by atoms with Gasteiger partial charge in [-0.25, -0.2) is 4.79 Å². The van der Waals surface area contributed by atoms with Gasteiger partial charge in [-0.2, -0.15) is 0 Å². The predicted molar refractivity (Wildman–Crippen MR) is 97.0 cm³/mol. The Balaban J connectivity index is 1.56. The van der Waals surface area contributed by atoms with Crippen LogP contribution in [0.3, 0.4) is 0 Å². The van der Waals surface area contributed by atoms with Crippen LogP contribution in [0.2, 0.25) is 0 Å². The lowest BCUT2D eigenvalue weighted by Crippen LogP contribution is -2.40. The fourth-order valence-corrected chi connectivity index (χ4v) is 3.56. The van der Waals surface area contributed by atoms with Crippen LogP contribution in [0, 0.1) is 0 Å². The van der Waals surface area contributed by atoms with Crippen LogP contribution in [-0.2, 0) is 16.9 Å². The monoisotopic (exact) mass is 384 g/mol. The maximum absolute atomic E-state index is 13.0. The first kappa shape index (κ1) is 17.2. The van der Waals surface area contributed by atoms with E-state index in [-0.39, 0.29) is 18.3 Å². The molecule has 0 bridgehead atoms. The molecule has 3 aromatic rings. The van der Waals surface area contributed by atoms with Crippen molar-refractivity contribution in [3.8, 4) is 16.5 Å². The molecule has 1 N–H and O–H groups in total. The number of thiophene rings is 1. The number of aromatic nitrogens is 2. The molecule has 138 valence electrons. The molecular formula is C18H16N4O4S. The zero-order valence-electron chi connectivity index (χ0n) is 14.6. The Morgan fingerprint density at radius 2 is 2.00 bits per heavy atom. The van der Waals surface area contributed by atoms with E-state index < -0.39 is 11.6 Å². The van der Waals surface area contributed by atoms with Crippen molar-refractivity contribution in [2.75, 3.05) is 7.11 Å². The molecule has 0 radical (unpaired) electrons. The second-order valence-electron chi connectivity index (χ2n) is 6.15. The van der Waals surface area contributed by atoms with Gasteiger partial charge in [0.05, 0.1) is 12.0 Å². The number of rotatable bonds is 5. The van der Waals surface area contributed by atoms with Crippen LogP contribution in [0.5, 0.6) is 5.75 Å². The third-order valence-corrected chi connectivity index (χ3v) is 5.29. The summed E-state index contributed by atoms with van der Waals surface area (Å²) in [6.45, 7) is 1.58. The molecule has 1 saturated heterocycles. The summed E-state index contributed by atoms with van der Waals surface area (Å²) in [7, 11) is 1.57. The molecule has 0 saturated carbocycles. The Hall–Kier alpha value is -3.20. The lowest BCUT2D eigenvalue weighted by atomic mass is 9.92. The Bertz CT molecular complexity index is 983. The van der Waals surface area contributed by atoms with Gasteiger partial charge in [0.2, 0.25) is 5.89 Å². The van der Waals surface area contributed by atoms with Gasteiger partial charge in [0, 0.05) is 0 Å². The van der Waals surface area contributed by atoms with E-state index in [2.05, 4.69) is 15.5 Å². The number of ether oxygens (including phenoxy) is 1. The molecular weight excluding hydrogens is 368 g/mol. The van der Waals surface area contributed by atoms with Crippen LogP contribution < -0.4 is 10.1 Å². The number of urea groups is 1. The summed E-state index contributed by atoms with van der Waals surface area (Å²) in [5, 5.41) is 12.6. The van der Waals surface area contributed by atoms with Gasteiger partial charge >= 0.3 is 6.03 Å². The third-order valence-electron chi connectivity index (χ3n) is 4.43. The maximum atomic E-state index is 13.0. The number of hydrogen-bond acceptors (Lipinski definition) is 7. The molecule has 3 amide bonds. The number of amides is 3. The van der Waals surface area contributed by atoms with Crippen LogP contribution in [0.4, 0.5) is 4.79 Å². The molecule has 1 atom stereocenters. The van der Waals surface area contributed by atoms with E-state index in [4.69, 9.17) is 9.15 Å². The largest absolute Gasteiger partial charge is 0.497 e. The van der Waals surface area contributed by atoms with Crippen molar-refractivity contribution in [1.29, 1.82) is 0 Å². The van der Waals surface area contributed by atoms with E-state index in [1.54, 1.807) is 38.3 Å². The van der Waals surface area contributed by atoms with E-state index in [0.717, 1.165) is 9.78 Å². The van der Waals surface area contributed by atoms with Crippen LogP contribution in [0.25, 0.3) is 10.8 Å². The van der Waals surface area contributed by atoms with Crippen molar-refractivity contribution in [2.45, 2.75) is 19.0 Å². The van der Waals surface area contributed by atoms with Crippen LogP contribution >= 0.6 is 11.3 Å². The van der Waals surface area contributed by atoms with Crippen LogP contribution in [0.15, 0.2) is 46.2 Å². The van der Waals surface area contributed by atoms with Gasteiger partial charge in [-0.1, -0.05) is 18.2 Å². The Morgan fingerprint density at radius 1 is 1.22 bits per heavy atom. The van der Waals surface area contributed by atoms with Crippen molar-refractivity contribution in [2.24, 2.45) is 0 Å². The Labute approximate surface area is 158 Å². The van der Waals surface area contributed by atoms with E-state index in [1.807, 2.05) is 17.5 Å². The summed E-state index contributed by atoms with van der Waals surface area (Å²) >= 11 is 1.47. The summed E-state index contributed by atoms with van der Waals surface area (Å²) in [5.74, 6) is 0.849. The first-order valence-electron chi connectivity index (χ1n) is 8.16. The minimum absolute atomic E-state index is 0.0885. The lowest BCUT2D eigenvalue weighted by molar-refractivity contribution is -0.131. The van der Waals surface area contributed by atoms with Crippen molar-refractivity contribution >= 4 is 23.3 Å². The molecule has 1 fully saturated rings. The number of benzene rings is 1. The fraction of sp³-hybridized carbons (Fsp3) is 0.222. The average Bonchev–Trinajstić information content (AvgIpc) is 3.40. The molecule has 9 heteroatoms. The second-order valence-corrected chi connectivity index (χ2v) is 7.10. The number of carbonyl (C=O) groups excluding carboxylic acids is 2. The highest BCUT2D eigenvalue weighted by atomic mass is 32.1. The summed E-state index contributed by atoms with van der Waals surface area (Å²) in [6.07, 6.45) is 0. The molecule has 0 spiro atoms. The number of nitrogens with one attached hydrogen (secondary N) is 1.